The molecule has 0 aliphatic carbocycles. The molecule has 2 aliphatic heterocycles. The van der Waals surface area contributed by atoms with Crippen molar-refractivity contribution in [3.63, 3.8) is 0 Å². The number of nitrogens with one attached hydrogen (secondary N) is 2. The molecule has 5 rings (SSSR count). The summed E-state index contributed by atoms with van der Waals surface area (Å²) in [4.78, 5) is 18.1. The van der Waals surface area contributed by atoms with Crippen LogP contribution < -0.4 is 20.1 Å². The van der Waals surface area contributed by atoms with Gasteiger partial charge < -0.3 is 20.1 Å². The van der Waals surface area contributed by atoms with E-state index in [1.807, 2.05) is 32.0 Å². The van der Waals surface area contributed by atoms with Crippen molar-refractivity contribution in [1.82, 2.24) is 14.8 Å². The van der Waals surface area contributed by atoms with Crippen molar-refractivity contribution in [3.8, 4) is 11.5 Å². The molecule has 2 aliphatic rings. The molecule has 2 aromatic carbocycles. The minimum atomic E-state index is -0.487. The van der Waals surface area contributed by atoms with Crippen molar-refractivity contribution >= 4 is 29.1 Å². The number of benzene rings is 2. The van der Waals surface area contributed by atoms with Crippen molar-refractivity contribution in [3.05, 3.63) is 70.1 Å². The molecular formula is C24H24ClN5O3. The smallest absolute Gasteiger partial charge is 0.255 e. The van der Waals surface area contributed by atoms with Gasteiger partial charge in [-0.25, -0.2) is 4.68 Å². The van der Waals surface area contributed by atoms with Crippen LogP contribution in [0, 0.1) is 0 Å². The molecule has 3 heterocycles. The van der Waals surface area contributed by atoms with E-state index in [0.29, 0.717) is 64.9 Å². The van der Waals surface area contributed by atoms with Crippen molar-refractivity contribution in [2.75, 3.05) is 23.8 Å². The quantitative estimate of drug-likeness (QED) is 0.586. The van der Waals surface area contributed by atoms with Crippen molar-refractivity contribution in [2.45, 2.75) is 32.7 Å². The lowest BCUT2D eigenvalue weighted by molar-refractivity contribution is -0.113. The Morgan fingerprint density at radius 3 is 2.70 bits per heavy atom. The fraction of sp³-hybridized carbons (Fsp3) is 0.292. The van der Waals surface area contributed by atoms with Crippen LogP contribution in [0.25, 0.3) is 0 Å². The van der Waals surface area contributed by atoms with Crippen LogP contribution in [-0.2, 0) is 11.2 Å². The standard InChI is InChI=1S/C24H24ClN5O3/c1-3-20-28-24-26-14(2)21(23(31)27-17-8-6-16(25)7-9-17)22(30(24)29-20)15-5-10-18-19(13-15)33-12-4-11-32-18/h5-10,13,22H,3-4,11-12H2,1-2H3,(H,27,31)(H,26,28,29). The molecule has 8 nitrogen and oxygen atoms in total. The largest absolute Gasteiger partial charge is 0.490 e. The van der Waals surface area contributed by atoms with Crippen LogP contribution in [0.1, 0.15) is 37.7 Å². The first-order valence-electron chi connectivity index (χ1n) is 10.9. The minimum absolute atomic E-state index is 0.237. The predicted octanol–water partition coefficient (Wildman–Crippen LogP) is 4.58. The number of carbonyl (C=O) groups excluding carboxylic acids is 1. The number of aryl methyl sites for hydroxylation is 1. The highest BCUT2D eigenvalue weighted by molar-refractivity contribution is 6.30. The molecule has 0 radical (unpaired) electrons. The lowest BCUT2D eigenvalue weighted by atomic mass is 9.94. The Bertz CT molecular complexity index is 1240. The number of nitrogens with zero attached hydrogens (tertiary/aromatic N) is 3. The van der Waals surface area contributed by atoms with Gasteiger partial charge in [-0.05, 0) is 48.9 Å². The topological polar surface area (TPSA) is 90.3 Å². The van der Waals surface area contributed by atoms with Crippen LogP contribution in [-0.4, -0.2) is 33.9 Å². The van der Waals surface area contributed by atoms with Crippen molar-refractivity contribution < 1.29 is 14.3 Å². The Labute approximate surface area is 196 Å². The van der Waals surface area contributed by atoms with Gasteiger partial charge in [0, 0.05) is 29.2 Å². The highest BCUT2D eigenvalue weighted by Gasteiger charge is 2.35. The zero-order valence-corrected chi connectivity index (χ0v) is 19.1. The maximum absolute atomic E-state index is 13.5. The highest BCUT2D eigenvalue weighted by atomic mass is 35.5. The van der Waals surface area contributed by atoms with Crippen LogP contribution in [0.4, 0.5) is 11.6 Å². The van der Waals surface area contributed by atoms with Crippen LogP contribution in [0.2, 0.25) is 5.02 Å². The molecule has 0 saturated carbocycles. The van der Waals surface area contributed by atoms with Crippen molar-refractivity contribution in [2.24, 2.45) is 0 Å². The number of halogens is 1. The SMILES string of the molecule is CCc1nc2n(n1)C(c1ccc3c(c1)OCCCO3)C(C(=O)Nc1ccc(Cl)cc1)=C(C)N2. The fourth-order valence-electron chi connectivity index (χ4n) is 4.03. The van der Waals surface area contributed by atoms with Gasteiger partial charge in [-0.2, -0.15) is 10.1 Å². The number of hydrogen-bond donors (Lipinski definition) is 2. The number of fused-ring (bicyclic) bond motifs is 2. The number of aromatic nitrogens is 3. The van der Waals surface area contributed by atoms with E-state index >= 15 is 0 Å². The lowest BCUT2D eigenvalue weighted by Gasteiger charge is -2.29. The van der Waals surface area contributed by atoms with Gasteiger partial charge in [0.2, 0.25) is 5.95 Å². The molecule has 0 bridgehead atoms. The first kappa shape index (κ1) is 21.3. The first-order valence-corrected chi connectivity index (χ1v) is 11.3. The van der Waals surface area contributed by atoms with E-state index in [4.69, 9.17) is 21.1 Å². The average molecular weight is 466 g/mol. The van der Waals surface area contributed by atoms with Gasteiger partial charge in [0.25, 0.3) is 5.91 Å². The van der Waals surface area contributed by atoms with Crippen LogP contribution in [0.5, 0.6) is 11.5 Å². The average Bonchev–Trinajstić information content (AvgIpc) is 3.07. The number of carbonyl (C=O) groups is 1. The Balaban J connectivity index is 1.58. The van der Waals surface area contributed by atoms with Crippen LogP contribution >= 0.6 is 11.6 Å². The van der Waals surface area contributed by atoms with Crippen LogP contribution in [0.3, 0.4) is 0 Å². The van der Waals surface area contributed by atoms with E-state index in [-0.39, 0.29) is 5.91 Å². The highest BCUT2D eigenvalue weighted by Crippen LogP contribution is 2.39. The van der Waals surface area contributed by atoms with Gasteiger partial charge >= 0.3 is 0 Å². The minimum Gasteiger partial charge on any atom is -0.490 e. The summed E-state index contributed by atoms with van der Waals surface area (Å²) < 4.78 is 13.5. The second-order valence-corrected chi connectivity index (χ2v) is 8.37. The molecule has 2 N–H and O–H groups in total. The number of anilines is 2. The molecule has 170 valence electrons. The zero-order chi connectivity index (χ0) is 22.9. The molecule has 9 heteroatoms. The normalized spacial score (nSPS) is 17.1. The maximum Gasteiger partial charge on any atom is 0.255 e. The molecule has 33 heavy (non-hydrogen) atoms. The van der Waals surface area contributed by atoms with Gasteiger partial charge in [-0.3, -0.25) is 4.79 Å². The van der Waals surface area contributed by atoms with E-state index in [1.54, 1.807) is 28.9 Å². The van der Waals surface area contributed by atoms with Gasteiger partial charge in [0.05, 0.1) is 18.8 Å². The molecule has 1 atom stereocenters. The third kappa shape index (κ3) is 4.14. The zero-order valence-electron chi connectivity index (χ0n) is 18.4. The van der Waals surface area contributed by atoms with Crippen LogP contribution in [0.15, 0.2) is 53.7 Å². The Morgan fingerprint density at radius 2 is 1.94 bits per heavy atom. The van der Waals surface area contributed by atoms with Gasteiger partial charge in [0.15, 0.2) is 17.3 Å². The van der Waals surface area contributed by atoms with Gasteiger partial charge in [-0.15, -0.1) is 0 Å². The molecule has 1 amide bonds. The monoisotopic (exact) mass is 465 g/mol. The van der Waals surface area contributed by atoms with Gasteiger partial charge in [-0.1, -0.05) is 24.6 Å². The predicted molar refractivity (Wildman–Crippen MR) is 126 cm³/mol. The summed E-state index contributed by atoms with van der Waals surface area (Å²) in [6.45, 7) is 5.06. The summed E-state index contributed by atoms with van der Waals surface area (Å²) in [6, 6.07) is 12.3. The molecule has 0 saturated heterocycles. The number of hydrogen-bond acceptors (Lipinski definition) is 6. The third-order valence-corrected chi connectivity index (χ3v) is 5.90. The molecule has 1 aromatic heterocycles. The summed E-state index contributed by atoms with van der Waals surface area (Å²) in [5.74, 6) is 2.43. The van der Waals surface area contributed by atoms with E-state index in [2.05, 4.69) is 20.7 Å². The number of ether oxygens (including phenoxy) is 2. The lowest BCUT2D eigenvalue weighted by Crippen LogP contribution is -2.31. The summed E-state index contributed by atoms with van der Waals surface area (Å²) in [6.07, 6.45) is 1.50. The Kier molecular flexibility index (Phi) is 5.68. The molecule has 0 spiro atoms. The number of amides is 1. The van der Waals surface area contributed by atoms with Gasteiger partial charge in [0.1, 0.15) is 6.04 Å². The molecule has 3 aromatic rings. The van der Waals surface area contributed by atoms with E-state index < -0.39 is 6.04 Å². The molecule has 1 unspecified atom stereocenters. The summed E-state index contributed by atoms with van der Waals surface area (Å²) >= 11 is 5.99. The number of rotatable bonds is 4. The first-order chi connectivity index (χ1) is 16.0. The Hall–Kier alpha value is -3.52. The molecule has 0 fully saturated rings. The summed E-state index contributed by atoms with van der Waals surface area (Å²) in [7, 11) is 0. The maximum atomic E-state index is 13.5. The van der Waals surface area contributed by atoms with E-state index in [9.17, 15) is 4.79 Å². The van der Waals surface area contributed by atoms with E-state index in [1.165, 1.54) is 0 Å². The summed E-state index contributed by atoms with van der Waals surface area (Å²) in [5.41, 5.74) is 2.76. The third-order valence-electron chi connectivity index (χ3n) is 5.65. The fourth-order valence-corrected chi connectivity index (χ4v) is 4.15. The molecular weight excluding hydrogens is 442 g/mol. The second kappa shape index (κ2) is 8.78. The summed E-state index contributed by atoms with van der Waals surface area (Å²) in [5, 5.41) is 11.5. The number of allylic oxidation sites excluding steroid dienone is 1. The van der Waals surface area contributed by atoms with Crippen molar-refractivity contribution in [1.29, 1.82) is 0 Å². The Morgan fingerprint density at radius 1 is 1.18 bits per heavy atom. The van der Waals surface area contributed by atoms with E-state index in [0.717, 1.165) is 12.0 Å². The second-order valence-electron chi connectivity index (χ2n) is 7.93.